The predicted molar refractivity (Wildman–Crippen MR) is 334 cm³/mol. The molecule has 0 bridgehead atoms. The van der Waals surface area contributed by atoms with Crippen molar-refractivity contribution in [1.82, 2.24) is 45.9 Å². The number of nitrogens with one attached hydrogen (secondary N) is 6. The van der Waals surface area contributed by atoms with Crippen LogP contribution in [0, 0.1) is 12.8 Å². The lowest BCUT2D eigenvalue weighted by Gasteiger charge is -2.25. The largest absolute Gasteiger partial charge is 0.492 e. The number of anilines is 2. The Kier molecular flexibility index (Phi) is 24.1. The number of aromatic amines is 1. The average molecular weight is 1270 g/mol. The van der Waals surface area contributed by atoms with E-state index in [9.17, 15) is 47.9 Å². The number of hydrogen-bond acceptors (Lipinski definition) is 17. The van der Waals surface area contributed by atoms with E-state index in [-0.39, 0.29) is 106 Å². The van der Waals surface area contributed by atoms with Crippen molar-refractivity contribution in [1.29, 1.82) is 0 Å². The third-order valence-corrected chi connectivity index (χ3v) is 15.5. The fourth-order valence-corrected chi connectivity index (χ4v) is 10.4. The number of carbonyl (C=O) groups is 10. The van der Waals surface area contributed by atoms with E-state index in [0.717, 1.165) is 4.90 Å². The van der Waals surface area contributed by atoms with Gasteiger partial charge in [0.1, 0.15) is 36.3 Å². The number of fused-ring (bicyclic) bond motifs is 4. The molecule has 90 heavy (non-hydrogen) atoms. The Balaban J connectivity index is 0.904. The lowest BCUT2D eigenvalue weighted by atomic mass is 9.95. The number of rotatable bonds is 32. The zero-order chi connectivity index (χ0) is 65.3. The monoisotopic (exact) mass is 1270 g/mol. The van der Waals surface area contributed by atoms with Crippen LogP contribution in [-0.4, -0.2) is 203 Å². The first-order chi connectivity index (χ1) is 43.0. The van der Waals surface area contributed by atoms with Gasteiger partial charge in [-0.2, -0.15) is 0 Å². The van der Waals surface area contributed by atoms with E-state index < -0.39 is 78.1 Å². The number of urea groups is 1. The molecule has 28 heteroatoms. The van der Waals surface area contributed by atoms with E-state index in [4.69, 9.17) is 40.7 Å². The number of aryl methyl sites for hydroxylation is 1. The van der Waals surface area contributed by atoms with Crippen molar-refractivity contribution in [3.8, 4) is 11.5 Å². The van der Waals surface area contributed by atoms with Crippen molar-refractivity contribution in [3.63, 3.8) is 0 Å². The molecule has 8 N–H and O–H groups in total. The number of primary amides is 1. The van der Waals surface area contributed by atoms with Crippen molar-refractivity contribution in [2.45, 2.75) is 71.1 Å². The minimum absolute atomic E-state index is 0.0654. The second-order valence-electron chi connectivity index (χ2n) is 22.5. The molecule has 484 valence electrons. The number of alkyl halides is 1. The second kappa shape index (κ2) is 31.8. The van der Waals surface area contributed by atoms with E-state index >= 15 is 0 Å². The Morgan fingerprint density at radius 1 is 0.856 bits per heavy atom. The standard InChI is InChI=1S/C62H79ClN12O15/c1-36(2)55(66-23-22-65-48(76)12-10-24-74-49(77)19-20-50(74)78)58(81)70-43(11-9-21-67-61(64)84)57(80)69-41-15-13-38(14-16-41)34-89-62(85)73(7)26-25-72(6)51(79)35-88-46-31-44-53(54-52(60(83)86-8)37(3)68-56(46)54)40(32-63)33-75(44)59(82)47-30-39-29-42(17-18-45(39)90-47)87-28-27-71(4)5/h13-20,29-31,36,40,43,55,66,68H,9-12,21-28,32-35H2,1-8H3,(H,65,76)(H,69,80)(H,70,81)(H3,64,67,84)/t40-,43?,55?/m1/s1. The van der Waals surface area contributed by atoms with Crippen molar-refractivity contribution in [2.24, 2.45) is 11.7 Å². The zero-order valence-electron chi connectivity index (χ0n) is 51.8. The maximum Gasteiger partial charge on any atom is 0.409 e. The highest BCUT2D eigenvalue weighted by Gasteiger charge is 2.39. The van der Waals surface area contributed by atoms with Gasteiger partial charge in [-0.3, -0.25) is 38.5 Å². The Morgan fingerprint density at radius 2 is 1.58 bits per heavy atom. The third kappa shape index (κ3) is 17.8. The van der Waals surface area contributed by atoms with Gasteiger partial charge in [0.2, 0.25) is 17.7 Å². The molecule has 2 aliphatic rings. The molecule has 0 radical (unpaired) electrons. The molecule has 3 atom stereocenters. The van der Waals surface area contributed by atoms with Gasteiger partial charge in [-0.25, -0.2) is 14.4 Å². The smallest absolute Gasteiger partial charge is 0.409 e. The first-order valence-corrected chi connectivity index (χ1v) is 30.0. The highest BCUT2D eigenvalue weighted by Crippen LogP contribution is 2.48. The van der Waals surface area contributed by atoms with Crippen LogP contribution in [-0.2, 0) is 44.8 Å². The van der Waals surface area contributed by atoms with Gasteiger partial charge >= 0.3 is 18.1 Å². The number of nitrogens with two attached hydrogens (primary N) is 1. The quantitative estimate of drug-likeness (QED) is 0.0136. The lowest BCUT2D eigenvalue weighted by Crippen LogP contribution is -2.54. The second-order valence-corrected chi connectivity index (χ2v) is 22.8. The number of aromatic nitrogens is 1. The number of benzene rings is 3. The van der Waals surface area contributed by atoms with Crippen LogP contribution in [0.25, 0.3) is 21.9 Å². The topological polar surface area (TPSA) is 339 Å². The molecule has 2 aromatic heterocycles. The van der Waals surface area contributed by atoms with Crippen LogP contribution in [0.3, 0.4) is 0 Å². The minimum atomic E-state index is -1.04. The van der Waals surface area contributed by atoms with Crippen LogP contribution in [0.2, 0.25) is 0 Å². The van der Waals surface area contributed by atoms with E-state index in [0.29, 0.717) is 75.4 Å². The number of hydrogen-bond donors (Lipinski definition) is 7. The number of carbonyl (C=O) groups excluding carboxylic acids is 10. The Bertz CT molecular complexity index is 3470. The summed E-state index contributed by atoms with van der Waals surface area (Å²) in [4.78, 5) is 140. The van der Waals surface area contributed by atoms with E-state index in [1.54, 1.807) is 68.6 Å². The fourth-order valence-electron chi connectivity index (χ4n) is 10.2. The highest BCUT2D eigenvalue weighted by molar-refractivity contribution is 6.20. The van der Waals surface area contributed by atoms with Gasteiger partial charge in [-0.15, -0.1) is 11.6 Å². The van der Waals surface area contributed by atoms with Gasteiger partial charge in [-0.05, 0) is 93.7 Å². The summed E-state index contributed by atoms with van der Waals surface area (Å²) in [5.74, 6) is -3.34. The molecule has 2 unspecified atom stereocenters. The predicted octanol–water partition coefficient (Wildman–Crippen LogP) is 4.35. The maximum atomic E-state index is 14.4. The first kappa shape index (κ1) is 68.3. The first-order valence-electron chi connectivity index (χ1n) is 29.5. The summed E-state index contributed by atoms with van der Waals surface area (Å²) in [6.45, 7) is 6.92. The highest BCUT2D eigenvalue weighted by atomic mass is 35.5. The number of furan rings is 1. The SMILES string of the molecule is COC(=O)c1c(C)[nH]c2c(OCC(=O)N(C)CCN(C)C(=O)OCc3ccc(NC(=O)C(CCCNC(N)=O)NC(=O)C(NCCNC(=O)CCCN4C(=O)C=CC4=O)C(C)C)cc3)cc3c(c12)[C@H](CCl)CN3C(=O)c1cc2cc(OCCN(C)C)ccc2o1. The van der Waals surface area contributed by atoms with E-state index in [1.165, 1.54) is 41.0 Å². The molecular formula is C62H79ClN12O15. The summed E-state index contributed by atoms with van der Waals surface area (Å²) in [5.41, 5.74) is 8.83. The maximum absolute atomic E-state index is 14.4. The molecule has 10 amide bonds. The lowest BCUT2D eigenvalue weighted by molar-refractivity contribution is -0.137. The van der Waals surface area contributed by atoms with Crippen LogP contribution in [0.15, 0.2) is 71.2 Å². The summed E-state index contributed by atoms with van der Waals surface area (Å²) in [6.07, 6.45) is 2.49. The molecule has 0 saturated carbocycles. The number of imide groups is 1. The summed E-state index contributed by atoms with van der Waals surface area (Å²) >= 11 is 6.60. The van der Waals surface area contributed by atoms with Crippen LogP contribution in [0.4, 0.5) is 21.0 Å². The summed E-state index contributed by atoms with van der Waals surface area (Å²) < 4.78 is 29.0. The van der Waals surface area contributed by atoms with Gasteiger partial charge < -0.3 is 80.3 Å². The molecule has 3 aromatic carbocycles. The number of amides is 10. The van der Waals surface area contributed by atoms with Crippen LogP contribution < -0.4 is 46.7 Å². The van der Waals surface area contributed by atoms with Gasteiger partial charge in [0.15, 0.2) is 12.4 Å². The molecule has 0 fully saturated rings. The molecule has 0 saturated heterocycles. The van der Waals surface area contributed by atoms with E-state index in [2.05, 4.69) is 31.6 Å². The molecule has 0 aliphatic carbocycles. The molecular weight excluding hydrogens is 1190 g/mol. The molecule has 0 spiro atoms. The number of methoxy groups -OCH3 is 1. The number of ether oxygens (including phenoxy) is 4. The molecule has 2 aliphatic heterocycles. The van der Waals surface area contributed by atoms with Crippen molar-refractivity contribution in [3.05, 3.63) is 94.9 Å². The molecule has 5 aromatic rings. The van der Waals surface area contributed by atoms with Crippen LogP contribution in [0.5, 0.6) is 11.5 Å². The third-order valence-electron chi connectivity index (χ3n) is 15.2. The van der Waals surface area contributed by atoms with E-state index in [1.807, 2.05) is 32.8 Å². The number of likely N-dealkylation sites (N-methyl/N-ethyl adjacent to an activating group) is 3. The van der Waals surface area contributed by atoms with Crippen molar-refractivity contribution >= 4 is 104 Å². The Hall–Kier alpha value is -9.21. The van der Waals surface area contributed by atoms with Crippen molar-refractivity contribution < 1.29 is 71.3 Å². The van der Waals surface area contributed by atoms with Crippen molar-refractivity contribution in [2.75, 3.05) is 117 Å². The summed E-state index contributed by atoms with van der Waals surface area (Å²) in [7, 11) is 8.24. The number of esters is 1. The fraction of sp³-hybridized carbons (Fsp3) is 0.452. The summed E-state index contributed by atoms with van der Waals surface area (Å²) in [6, 6.07) is 12.6. The van der Waals surface area contributed by atoms with Crippen LogP contribution >= 0.6 is 11.6 Å². The normalized spacial score (nSPS) is 14.2. The van der Waals surface area contributed by atoms with Gasteiger partial charge in [0.05, 0.1) is 29.9 Å². The molecule has 27 nitrogen and oxygen atoms in total. The Labute approximate surface area is 525 Å². The number of nitrogens with zero attached hydrogens (tertiary/aromatic N) is 5. The van der Waals surface area contributed by atoms with Gasteiger partial charge in [-0.1, -0.05) is 26.0 Å². The molecule has 7 rings (SSSR count). The summed E-state index contributed by atoms with van der Waals surface area (Å²) in [5, 5.41) is 15.1. The number of halogens is 1. The van der Waals surface area contributed by atoms with Crippen LogP contribution in [0.1, 0.15) is 83.2 Å². The average Bonchev–Trinajstić information content (AvgIpc) is 1.57. The van der Waals surface area contributed by atoms with Gasteiger partial charge in [0.25, 0.3) is 23.6 Å². The van der Waals surface area contributed by atoms with Gasteiger partial charge in [0, 0.05) is 125 Å². The molecule has 4 heterocycles. The Morgan fingerprint density at radius 3 is 2.26 bits per heavy atom. The zero-order valence-corrected chi connectivity index (χ0v) is 52.5. The number of H-pyrrole nitrogens is 1. The minimum Gasteiger partial charge on any atom is -0.492 e.